The summed E-state index contributed by atoms with van der Waals surface area (Å²) in [6, 6.07) is 15.2. The van der Waals surface area contributed by atoms with Gasteiger partial charge in [0, 0.05) is 17.1 Å². The second kappa shape index (κ2) is 5.96. The van der Waals surface area contributed by atoms with Crippen LogP contribution in [0.1, 0.15) is 12.5 Å². The minimum atomic E-state index is -3.22. The molecule has 0 heterocycles. The first kappa shape index (κ1) is 14.4. The lowest BCUT2D eigenvalue weighted by Gasteiger charge is -2.09. The Morgan fingerprint density at radius 1 is 0.850 bits per heavy atom. The molecule has 5 heteroatoms. The number of hydrogen-bond donors (Lipinski definition) is 2. The predicted molar refractivity (Wildman–Crippen MR) is 84.0 cm³/mol. The number of hydrogen-bond acceptors (Lipinski definition) is 3. The van der Waals surface area contributed by atoms with Gasteiger partial charge in [0.1, 0.15) is 0 Å². The lowest BCUT2D eigenvalue weighted by molar-refractivity contribution is 0.602. The maximum absolute atomic E-state index is 11.4. The fraction of sp³-hybridized carbons (Fsp3) is 0.200. The molecule has 0 unspecified atom stereocenters. The Kier molecular flexibility index (Phi) is 4.29. The quantitative estimate of drug-likeness (QED) is 0.886. The van der Waals surface area contributed by atoms with Crippen LogP contribution in [0.3, 0.4) is 0 Å². The molecule has 2 aromatic carbocycles. The maximum atomic E-state index is 11.4. The first-order valence-corrected chi connectivity index (χ1v) is 8.08. The average molecular weight is 290 g/mol. The van der Waals surface area contributed by atoms with Crippen LogP contribution in [0.15, 0.2) is 48.5 Å². The molecule has 0 saturated carbocycles. The molecule has 20 heavy (non-hydrogen) atoms. The standard InChI is InChI=1S/C15H18N2O2S/c1-3-20(18,19)17-15-10-8-14(9-11-15)16-13-6-4-12(2)5-7-13/h4-11,16-17H,3H2,1-2H3. The van der Waals surface area contributed by atoms with E-state index in [0.29, 0.717) is 5.69 Å². The van der Waals surface area contributed by atoms with Gasteiger partial charge in [0.05, 0.1) is 5.75 Å². The molecule has 2 rings (SSSR count). The molecule has 0 radical (unpaired) electrons. The summed E-state index contributed by atoms with van der Waals surface area (Å²) < 4.78 is 25.4. The molecule has 0 aliphatic carbocycles. The van der Waals surface area contributed by atoms with Crippen LogP contribution in [0.5, 0.6) is 0 Å². The number of rotatable bonds is 5. The second-order valence-corrected chi connectivity index (χ2v) is 6.58. The Morgan fingerprint density at radius 2 is 1.30 bits per heavy atom. The summed E-state index contributed by atoms with van der Waals surface area (Å²) in [7, 11) is -3.22. The highest BCUT2D eigenvalue weighted by Gasteiger charge is 2.06. The first-order valence-electron chi connectivity index (χ1n) is 6.43. The highest BCUT2D eigenvalue weighted by atomic mass is 32.2. The highest BCUT2D eigenvalue weighted by molar-refractivity contribution is 7.92. The lowest BCUT2D eigenvalue weighted by Crippen LogP contribution is -2.14. The lowest BCUT2D eigenvalue weighted by atomic mass is 10.2. The topological polar surface area (TPSA) is 58.2 Å². The minimum absolute atomic E-state index is 0.0658. The fourth-order valence-electron chi connectivity index (χ4n) is 1.68. The van der Waals surface area contributed by atoms with Crippen LogP contribution in [-0.2, 0) is 10.0 Å². The average Bonchev–Trinajstić information content (AvgIpc) is 2.43. The molecule has 0 saturated heterocycles. The van der Waals surface area contributed by atoms with Crippen LogP contribution >= 0.6 is 0 Å². The normalized spacial score (nSPS) is 11.1. The van der Waals surface area contributed by atoms with E-state index in [-0.39, 0.29) is 5.75 Å². The second-order valence-electron chi connectivity index (χ2n) is 4.57. The van der Waals surface area contributed by atoms with Crippen LogP contribution in [0.4, 0.5) is 17.1 Å². The summed E-state index contributed by atoms with van der Waals surface area (Å²) >= 11 is 0. The van der Waals surface area contributed by atoms with Crippen molar-refractivity contribution in [2.75, 3.05) is 15.8 Å². The smallest absolute Gasteiger partial charge is 0.232 e. The van der Waals surface area contributed by atoms with Crippen molar-refractivity contribution >= 4 is 27.1 Å². The van der Waals surface area contributed by atoms with E-state index in [4.69, 9.17) is 0 Å². The zero-order valence-electron chi connectivity index (χ0n) is 11.6. The summed E-state index contributed by atoms with van der Waals surface area (Å²) in [5, 5.41) is 3.26. The molecule has 0 bridgehead atoms. The summed E-state index contributed by atoms with van der Waals surface area (Å²) in [4.78, 5) is 0. The van der Waals surface area contributed by atoms with E-state index < -0.39 is 10.0 Å². The van der Waals surface area contributed by atoms with Gasteiger partial charge in [-0.1, -0.05) is 17.7 Å². The van der Waals surface area contributed by atoms with Gasteiger partial charge in [0.2, 0.25) is 10.0 Å². The number of sulfonamides is 1. The third-order valence-corrected chi connectivity index (χ3v) is 4.19. The molecule has 0 fully saturated rings. The van der Waals surface area contributed by atoms with Crippen molar-refractivity contribution in [1.82, 2.24) is 0 Å². The predicted octanol–water partition coefficient (Wildman–Crippen LogP) is 3.50. The molecule has 0 aliphatic heterocycles. The van der Waals surface area contributed by atoms with E-state index in [1.807, 2.05) is 43.3 Å². The molecular weight excluding hydrogens is 272 g/mol. The third-order valence-electron chi connectivity index (χ3n) is 2.88. The Morgan fingerprint density at radius 3 is 1.80 bits per heavy atom. The largest absolute Gasteiger partial charge is 0.356 e. The van der Waals surface area contributed by atoms with Gasteiger partial charge in [-0.3, -0.25) is 4.72 Å². The molecule has 4 nitrogen and oxygen atoms in total. The van der Waals surface area contributed by atoms with Crippen molar-refractivity contribution in [2.24, 2.45) is 0 Å². The van der Waals surface area contributed by atoms with Crippen molar-refractivity contribution < 1.29 is 8.42 Å². The van der Waals surface area contributed by atoms with Crippen LogP contribution in [-0.4, -0.2) is 14.2 Å². The van der Waals surface area contributed by atoms with E-state index in [9.17, 15) is 8.42 Å². The van der Waals surface area contributed by atoms with Crippen LogP contribution in [0, 0.1) is 6.92 Å². The van der Waals surface area contributed by atoms with E-state index in [1.54, 1.807) is 19.1 Å². The van der Waals surface area contributed by atoms with Gasteiger partial charge < -0.3 is 5.32 Å². The summed E-state index contributed by atoms with van der Waals surface area (Å²) in [5.41, 5.74) is 3.69. The summed E-state index contributed by atoms with van der Waals surface area (Å²) in [6.07, 6.45) is 0. The van der Waals surface area contributed by atoms with Crippen LogP contribution < -0.4 is 10.0 Å². The molecule has 0 aliphatic rings. The Bertz CT molecular complexity index is 662. The van der Waals surface area contributed by atoms with Gasteiger partial charge in [0.25, 0.3) is 0 Å². The SMILES string of the molecule is CCS(=O)(=O)Nc1ccc(Nc2ccc(C)cc2)cc1. The van der Waals surface area contributed by atoms with E-state index in [1.165, 1.54) is 5.56 Å². The monoisotopic (exact) mass is 290 g/mol. The Labute approximate surface area is 119 Å². The minimum Gasteiger partial charge on any atom is -0.356 e. The molecule has 106 valence electrons. The molecule has 0 spiro atoms. The van der Waals surface area contributed by atoms with E-state index in [0.717, 1.165) is 11.4 Å². The molecular formula is C15H18N2O2S. The molecule has 0 atom stereocenters. The van der Waals surface area contributed by atoms with Crippen molar-refractivity contribution in [3.63, 3.8) is 0 Å². The van der Waals surface area contributed by atoms with Crippen molar-refractivity contribution in [3.05, 3.63) is 54.1 Å². The first-order chi connectivity index (χ1) is 9.48. The Hall–Kier alpha value is -2.01. The number of nitrogens with one attached hydrogen (secondary N) is 2. The van der Waals surface area contributed by atoms with Crippen molar-refractivity contribution in [2.45, 2.75) is 13.8 Å². The molecule has 2 aromatic rings. The molecule has 2 N–H and O–H groups in total. The summed E-state index contributed by atoms with van der Waals surface area (Å²) in [6.45, 7) is 3.65. The Balaban J connectivity index is 2.07. The van der Waals surface area contributed by atoms with Gasteiger partial charge in [-0.05, 0) is 50.2 Å². The van der Waals surface area contributed by atoms with E-state index >= 15 is 0 Å². The number of aryl methyl sites for hydroxylation is 1. The van der Waals surface area contributed by atoms with Crippen LogP contribution in [0.25, 0.3) is 0 Å². The maximum Gasteiger partial charge on any atom is 0.232 e. The molecule has 0 amide bonds. The number of benzene rings is 2. The zero-order chi connectivity index (χ0) is 14.6. The van der Waals surface area contributed by atoms with Gasteiger partial charge in [-0.15, -0.1) is 0 Å². The van der Waals surface area contributed by atoms with Crippen molar-refractivity contribution in [1.29, 1.82) is 0 Å². The van der Waals surface area contributed by atoms with Gasteiger partial charge >= 0.3 is 0 Å². The number of anilines is 3. The van der Waals surface area contributed by atoms with Crippen LogP contribution in [0.2, 0.25) is 0 Å². The van der Waals surface area contributed by atoms with Crippen molar-refractivity contribution in [3.8, 4) is 0 Å². The van der Waals surface area contributed by atoms with Gasteiger partial charge in [-0.25, -0.2) is 8.42 Å². The van der Waals surface area contributed by atoms with Gasteiger partial charge in [0.15, 0.2) is 0 Å². The zero-order valence-corrected chi connectivity index (χ0v) is 12.4. The van der Waals surface area contributed by atoms with E-state index in [2.05, 4.69) is 10.0 Å². The summed E-state index contributed by atoms with van der Waals surface area (Å²) in [5.74, 6) is 0.0658. The molecule has 0 aromatic heterocycles. The highest BCUT2D eigenvalue weighted by Crippen LogP contribution is 2.19. The fourth-order valence-corrected chi connectivity index (χ4v) is 2.32. The third kappa shape index (κ3) is 3.99. The van der Waals surface area contributed by atoms with Gasteiger partial charge in [-0.2, -0.15) is 0 Å².